The van der Waals surface area contributed by atoms with Crippen molar-refractivity contribution in [2.24, 2.45) is 0 Å². The molecule has 72 heavy (non-hydrogen) atoms. The minimum atomic E-state index is -2.74. The molecule has 0 atom stereocenters. The van der Waals surface area contributed by atoms with E-state index in [0.29, 0.717) is 0 Å². The maximum Gasteiger partial charge on any atom is 0.260 e. The molecule has 0 unspecified atom stereocenters. The van der Waals surface area contributed by atoms with Crippen LogP contribution in [0.1, 0.15) is 0 Å². The van der Waals surface area contributed by atoms with Crippen molar-refractivity contribution in [1.29, 1.82) is 0 Å². The first kappa shape index (κ1) is 40.8. The maximum absolute atomic E-state index is 7.38. The molecule has 6 heteroatoms. The summed E-state index contributed by atoms with van der Waals surface area (Å²) in [5, 5.41) is 10.3. The smallest absolute Gasteiger partial charge is 0.260 e. The summed E-state index contributed by atoms with van der Waals surface area (Å²) in [6, 6.07) is 95.3. The lowest BCUT2D eigenvalue weighted by Gasteiger charge is -2.35. The Bertz CT molecular complexity index is 4070. The molecule has 0 N–H and O–H groups in total. The highest BCUT2D eigenvalue weighted by molar-refractivity contribution is 7.19. The van der Waals surface area contributed by atoms with Crippen LogP contribution in [0.3, 0.4) is 0 Å². The van der Waals surface area contributed by atoms with Crippen LogP contribution in [0.4, 0.5) is 0 Å². The van der Waals surface area contributed by atoms with Crippen LogP contribution in [0.2, 0.25) is 0 Å². The lowest BCUT2D eigenvalue weighted by atomic mass is 9.34. The molecule has 4 nitrogen and oxygen atoms in total. The van der Waals surface area contributed by atoms with Crippen molar-refractivity contribution in [1.82, 2.24) is 9.13 Å². The van der Waals surface area contributed by atoms with Gasteiger partial charge in [-0.25, -0.2) is 0 Å². The van der Waals surface area contributed by atoms with E-state index < -0.39 is 8.07 Å². The Morgan fingerprint density at radius 3 is 1.15 bits per heavy atom. The van der Waals surface area contributed by atoms with E-state index in [0.717, 1.165) is 84.0 Å². The molecule has 0 saturated carbocycles. The monoisotopic (exact) mass is 934 g/mol. The molecule has 0 radical (unpaired) electrons. The number of nitrogens with zero attached hydrogens (tertiary/aromatic N) is 2. The zero-order chi connectivity index (χ0) is 47.3. The van der Waals surface area contributed by atoms with E-state index >= 15 is 0 Å². The van der Waals surface area contributed by atoms with Crippen molar-refractivity contribution >= 4 is 95.5 Å². The van der Waals surface area contributed by atoms with Gasteiger partial charge in [-0.05, 0) is 85.8 Å². The molecule has 0 aliphatic carbocycles. The lowest BCUT2D eigenvalue weighted by Crippen LogP contribution is -2.74. The van der Waals surface area contributed by atoms with Crippen molar-refractivity contribution in [2.45, 2.75) is 0 Å². The van der Waals surface area contributed by atoms with Crippen LogP contribution >= 0.6 is 0 Å². The third-order valence-electron chi connectivity index (χ3n) is 15.4. The summed E-state index contributed by atoms with van der Waals surface area (Å²) >= 11 is 0. The van der Waals surface area contributed by atoms with Crippen LogP contribution < -0.4 is 46.6 Å². The van der Waals surface area contributed by atoms with Crippen LogP contribution in [0.15, 0.2) is 261 Å². The lowest BCUT2D eigenvalue weighted by molar-refractivity contribution is 0.465. The van der Waals surface area contributed by atoms with Crippen molar-refractivity contribution in [3.63, 3.8) is 0 Å². The van der Waals surface area contributed by atoms with E-state index in [9.17, 15) is 0 Å². The molecule has 15 rings (SSSR count). The zero-order valence-corrected chi connectivity index (χ0v) is 40.1. The van der Waals surface area contributed by atoms with E-state index in [4.69, 9.17) is 9.47 Å². The second kappa shape index (κ2) is 16.0. The van der Waals surface area contributed by atoms with Crippen molar-refractivity contribution in [3.8, 4) is 45.5 Å². The molecule has 336 valence electrons. The highest BCUT2D eigenvalue weighted by Crippen LogP contribution is 2.43. The van der Waals surface area contributed by atoms with Gasteiger partial charge in [0.2, 0.25) is 0 Å². The third-order valence-corrected chi connectivity index (χ3v) is 20.2. The predicted molar refractivity (Wildman–Crippen MR) is 302 cm³/mol. The summed E-state index contributed by atoms with van der Waals surface area (Å²) in [7, 11) is -2.74. The van der Waals surface area contributed by atoms with Crippen molar-refractivity contribution in [3.05, 3.63) is 261 Å². The Labute approximate surface area is 418 Å². The molecule has 2 aromatic heterocycles. The van der Waals surface area contributed by atoms with Gasteiger partial charge in [-0.1, -0.05) is 200 Å². The molecule has 11 aromatic carbocycles. The molecule has 0 amide bonds. The predicted octanol–water partition coefficient (Wildman–Crippen LogP) is 11.7. The van der Waals surface area contributed by atoms with Crippen LogP contribution in [0.5, 0.6) is 23.0 Å². The van der Waals surface area contributed by atoms with Crippen LogP contribution in [-0.4, -0.2) is 23.9 Å². The average Bonchev–Trinajstić information content (AvgIpc) is 3.97. The summed E-state index contributed by atoms with van der Waals surface area (Å²) in [5.74, 6) is 3.32. The second-order valence-electron chi connectivity index (χ2n) is 19.1. The fraction of sp³-hybridized carbons (Fsp3) is 0. The molecular formula is C66H43BN2O2Si. The van der Waals surface area contributed by atoms with E-state index in [-0.39, 0.29) is 6.71 Å². The Hall–Kier alpha value is -9.10. The van der Waals surface area contributed by atoms with Gasteiger partial charge in [-0.2, -0.15) is 0 Å². The molecule has 0 fully saturated rings. The van der Waals surface area contributed by atoms with Gasteiger partial charge < -0.3 is 18.6 Å². The Balaban J connectivity index is 0.921. The Morgan fingerprint density at radius 1 is 0.319 bits per heavy atom. The van der Waals surface area contributed by atoms with Gasteiger partial charge >= 0.3 is 0 Å². The summed E-state index contributed by atoms with van der Waals surface area (Å²) in [6.07, 6.45) is 0. The molecule has 0 saturated heterocycles. The summed E-state index contributed by atoms with van der Waals surface area (Å²) < 4.78 is 19.2. The highest BCUT2D eigenvalue weighted by atomic mass is 28.3. The van der Waals surface area contributed by atoms with Gasteiger partial charge in [0.1, 0.15) is 23.0 Å². The normalized spacial score (nSPS) is 12.6. The number of fused-ring (bicyclic) bond motifs is 10. The highest BCUT2D eigenvalue weighted by Gasteiger charge is 2.43. The fourth-order valence-electron chi connectivity index (χ4n) is 12.3. The third kappa shape index (κ3) is 5.93. The average molecular weight is 935 g/mol. The largest absolute Gasteiger partial charge is 0.458 e. The van der Waals surface area contributed by atoms with Gasteiger partial charge in [-0.15, -0.1) is 0 Å². The molecule has 0 bridgehead atoms. The molecule has 0 spiro atoms. The minimum absolute atomic E-state index is 0.143. The van der Waals surface area contributed by atoms with E-state index in [2.05, 4.69) is 270 Å². The van der Waals surface area contributed by atoms with E-state index in [1.165, 1.54) is 42.3 Å². The van der Waals surface area contributed by atoms with Crippen LogP contribution in [0, 0.1) is 0 Å². The quantitative estimate of drug-likeness (QED) is 0.118. The van der Waals surface area contributed by atoms with Crippen LogP contribution in [-0.2, 0) is 0 Å². The number of hydrogen-bond donors (Lipinski definition) is 0. The number of hydrogen-bond acceptors (Lipinski definition) is 2. The molecule has 13 aromatic rings. The maximum atomic E-state index is 7.38. The van der Waals surface area contributed by atoms with Crippen LogP contribution in [0.25, 0.3) is 66.1 Å². The Kier molecular flexibility index (Phi) is 9.04. The van der Waals surface area contributed by atoms with Gasteiger partial charge in [0.25, 0.3) is 6.71 Å². The van der Waals surface area contributed by atoms with E-state index in [1.54, 1.807) is 0 Å². The minimum Gasteiger partial charge on any atom is -0.458 e. The standard InChI is InChI=1S/C66H43BN2O2Si/c1-4-18-47(19-5-1)72(48-20-6-2-7-21-48,49-22-8-3-9-23-49)50-36-32-44(33-37-50)51-38-41-62-65-66(51)71-64-43-46(69-60-30-16-12-26-54(60)55-27-13-17-31-61(55)69)35-40-57(64)67(65)56-39-34-45(42-63(56)70-62)68-58-28-14-10-24-52(58)53-25-11-15-29-59(53)68/h1-43H. The van der Waals surface area contributed by atoms with E-state index in [1.807, 2.05) is 0 Å². The van der Waals surface area contributed by atoms with Crippen molar-refractivity contribution in [2.75, 3.05) is 0 Å². The number of ether oxygens (including phenoxy) is 2. The first-order valence-electron chi connectivity index (χ1n) is 24.8. The summed E-state index contributed by atoms with van der Waals surface area (Å²) in [6.45, 7) is -0.143. The number of para-hydroxylation sites is 4. The number of aromatic nitrogens is 2. The topological polar surface area (TPSA) is 28.3 Å². The molecule has 2 aliphatic heterocycles. The first-order chi connectivity index (χ1) is 35.7. The van der Waals surface area contributed by atoms with Crippen molar-refractivity contribution < 1.29 is 9.47 Å². The van der Waals surface area contributed by atoms with Gasteiger partial charge in [0.05, 0.1) is 22.1 Å². The number of rotatable bonds is 7. The molecule has 4 heterocycles. The fourth-order valence-corrected chi connectivity index (χ4v) is 17.1. The van der Waals surface area contributed by atoms with Gasteiger partial charge in [0, 0.05) is 56.1 Å². The zero-order valence-electron chi connectivity index (χ0n) is 39.1. The number of benzene rings is 11. The molecular weight excluding hydrogens is 892 g/mol. The Morgan fingerprint density at radius 2 is 0.708 bits per heavy atom. The van der Waals surface area contributed by atoms with Gasteiger partial charge in [0.15, 0.2) is 8.07 Å². The van der Waals surface area contributed by atoms with Gasteiger partial charge in [-0.3, -0.25) is 0 Å². The molecule has 2 aliphatic rings. The second-order valence-corrected chi connectivity index (χ2v) is 22.9. The SMILES string of the molecule is c1ccc([Si](c2ccccc2)(c2ccccc2)c2ccc(-c3ccc4c5c3Oc3cc(-n6c7ccccc7c7ccccc76)ccc3B5c3ccc(-n5c6ccccc6c6ccccc65)cc3O4)cc2)cc1. The first-order valence-corrected chi connectivity index (χ1v) is 26.8. The summed E-state index contributed by atoms with van der Waals surface area (Å²) in [5.41, 5.74) is 12.1. The summed E-state index contributed by atoms with van der Waals surface area (Å²) in [4.78, 5) is 0.